The molecule has 0 aromatic carbocycles. The van der Waals surface area contributed by atoms with Crippen molar-refractivity contribution in [2.24, 2.45) is 21.5 Å². The van der Waals surface area contributed by atoms with Gasteiger partial charge in [0.1, 0.15) is 5.84 Å². The first-order valence-corrected chi connectivity index (χ1v) is 5.58. The zero-order chi connectivity index (χ0) is 12.1. The van der Waals surface area contributed by atoms with Crippen molar-refractivity contribution in [1.29, 1.82) is 0 Å². The number of unbranched alkanes of at least 4 members (excludes halogenated alkanes) is 1. The Bertz CT molecular complexity index is 374. The third-order valence-corrected chi connectivity index (χ3v) is 2.56. The highest BCUT2D eigenvalue weighted by Crippen LogP contribution is 2.20. The van der Waals surface area contributed by atoms with Crippen LogP contribution in [-0.4, -0.2) is 18.1 Å². The highest BCUT2D eigenvalue weighted by Gasteiger charge is 2.16. The van der Waals surface area contributed by atoms with Gasteiger partial charge in [-0.1, -0.05) is 19.9 Å². The molecule has 0 aromatic rings. The first-order chi connectivity index (χ1) is 7.56. The Morgan fingerprint density at radius 2 is 2.19 bits per heavy atom. The molecule has 4 nitrogen and oxygen atoms in total. The average molecular weight is 220 g/mol. The zero-order valence-electron chi connectivity index (χ0n) is 10.1. The number of nitrogens with zero attached hydrogens (tertiary/aromatic N) is 2. The van der Waals surface area contributed by atoms with E-state index in [0.29, 0.717) is 18.0 Å². The predicted octanol–water partition coefficient (Wildman–Crippen LogP) is 1.73. The summed E-state index contributed by atoms with van der Waals surface area (Å²) in [7, 11) is 0. The molecule has 1 aliphatic heterocycles. The lowest BCUT2D eigenvalue weighted by Gasteiger charge is -2.17. The summed E-state index contributed by atoms with van der Waals surface area (Å²) in [5, 5.41) is 0. The van der Waals surface area contributed by atoms with Crippen molar-refractivity contribution >= 4 is 11.5 Å². The van der Waals surface area contributed by atoms with E-state index in [1.165, 1.54) is 0 Å². The fourth-order valence-corrected chi connectivity index (χ4v) is 1.55. The Balaban J connectivity index is 2.86. The number of nitrogens with two attached hydrogens (primary N) is 2. The van der Waals surface area contributed by atoms with E-state index in [9.17, 15) is 0 Å². The van der Waals surface area contributed by atoms with Crippen LogP contribution in [0.4, 0.5) is 0 Å². The molecule has 16 heavy (non-hydrogen) atoms. The summed E-state index contributed by atoms with van der Waals surface area (Å²) >= 11 is 0. The molecule has 0 saturated carbocycles. The molecule has 0 unspecified atom stereocenters. The lowest BCUT2D eigenvalue weighted by atomic mass is 10.0. The second kappa shape index (κ2) is 5.49. The van der Waals surface area contributed by atoms with Gasteiger partial charge in [-0.25, -0.2) is 4.99 Å². The summed E-state index contributed by atoms with van der Waals surface area (Å²) in [5.41, 5.74) is 14.8. The van der Waals surface area contributed by atoms with E-state index < -0.39 is 0 Å². The van der Waals surface area contributed by atoms with Crippen LogP contribution in [0.15, 0.2) is 33.5 Å². The summed E-state index contributed by atoms with van der Waals surface area (Å²) in [4.78, 5) is 8.54. The maximum atomic E-state index is 5.89. The third-order valence-electron chi connectivity index (χ3n) is 2.56. The lowest BCUT2D eigenvalue weighted by molar-refractivity contribution is 0.807. The number of dihydropyridines is 1. The van der Waals surface area contributed by atoms with Crippen molar-refractivity contribution < 1.29 is 0 Å². The second-order valence-corrected chi connectivity index (χ2v) is 3.95. The molecule has 1 rings (SSSR count). The van der Waals surface area contributed by atoms with Crippen molar-refractivity contribution in [1.82, 2.24) is 0 Å². The van der Waals surface area contributed by atoms with Crippen LogP contribution in [0.25, 0.3) is 0 Å². The minimum atomic E-state index is 0.358. The van der Waals surface area contributed by atoms with Gasteiger partial charge in [0.05, 0.1) is 5.70 Å². The van der Waals surface area contributed by atoms with Crippen LogP contribution in [-0.2, 0) is 0 Å². The molecule has 0 aromatic heterocycles. The van der Waals surface area contributed by atoms with Gasteiger partial charge >= 0.3 is 0 Å². The standard InChI is InChI=1S/C12H20N4/c1-4-5-6-15-9(3)10-7-8(2)16-12(14)11(10)13/h2,4-7,13H2,1,3H3,(H2,14,16). The van der Waals surface area contributed by atoms with Crippen LogP contribution >= 0.6 is 0 Å². The van der Waals surface area contributed by atoms with Gasteiger partial charge in [0.2, 0.25) is 0 Å². The van der Waals surface area contributed by atoms with Crippen molar-refractivity contribution in [2.45, 2.75) is 33.1 Å². The van der Waals surface area contributed by atoms with Gasteiger partial charge in [-0.15, -0.1) is 0 Å². The number of hydrogen-bond donors (Lipinski definition) is 2. The molecular formula is C12H20N4. The molecule has 0 atom stereocenters. The number of allylic oxidation sites excluding steroid dienone is 1. The molecule has 0 fully saturated rings. The molecule has 4 heteroatoms. The van der Waals surface area contributed by atoms with Crippen LogP contribution in [0.3, 0.4) is 0 Å². The van der Waals surface area contributed by atoms with Crippen molar-refractivity contribution in [3.8, 4) is 0 Å². The number of hydrogen-bond acceptors (Lipinski definition) is 4. The quantitative estimate of drug-likeness (QED) is 0.559. The molecule has 0 aliphatic carbocycles. The summed E-state index contributed by atoms with van der Waals surface area (Å²) in [6, 6.07) is 0. The average Bonchev–Trinajstić information content (AvgIpc) is 2.23. The van der Waals surface area contributed by atoms with Crippen LogP contribution in [0.5, 0.6) is 0 Å². The van der Waals surface area contributed by atoms with Crippen molar-refractivity contribution in [3.63, 3.8) is 0 Å². The van der Waals surface area contributed by atoms with Gasteiger partial charge in [0.15, 0.2) is 0 Å². The molecule has 0 radical (unpaired) electrons. The summed E-state index contributed by atoms with van der Waals surface area (Å²) in [6.07, 6.45) is 2.88. The molecule has 1 aliphatic rings. The van der Waals surface area contributed by atoms with E-state index in [-0.39, 0.29) is 0 Å². The largest absolute Gasteiger partial charge is 0.395 e. The van der Waals surface area contributed by atoms with Crippen LogP contribution < -0.4 is 11.5 Å². The Morgan fingerprint density at radius 1 is 1.50 bits per heavy atom. The fourth-order valence-electron chi connectivity index (χ4n) is 1.55. The van der Waals surface area contributed by atoms with E-state index in [4.69, 9.17) is 11.5 Å². The molecule has 1 heterocycles. The number of aliphatic imine (C=N–C) groups is 2. The first kappa shape index (κ1) is 12.5. The highest BCUT2D eigenvalue weighted by molar-refractivity contribution is 6.09. The Hall–Kier alpha value is -1.58. The van der Waals surface area contributed by atoms with Crippen LogP contribution in [0.2, 0.25) is 0 Å². The predicted molar refractivity (Wildman–Crippen MR) is 69.5 cm³/mol. The van der Waals surface area contributed by atoms with Gasteiger partial charge in [-0.05, 0) is 13.3 Å². The van der Waals surface area contributed by atoms with Crippen molar-refractivity contribution in [3.05, 3.63) is 23.5 Å². The Kier molecular flexibility index (Phi) is 4.28. The van der Waals surface area contributed by atoms with Gasteiger partial charge in [-0.2, -0.15) is 0 Å². The maximum absolute atomic E-state index is 5.89. The summed E-state index contributed by atoms with van der Waals surface area (Å²) in [5.74, 6) is 0.358. The molecule has 4 N–H and O–H groups in total. The number of rotatable bonds is 4. The smallest absolute Gasteiger partial charge is 0.147 e. The van der Waals surface area contributed by atoms with E-state index in [1.54, 1.807) is 0 Å². The van der Waals surface area contributed by atoms with Crippen molar-refractivity contribution in [2.75, 3.05) is 6.54 Å². The van der Waals surface area contributed by atoms with E-state index in [2.05, 4.69) is 23.5 Å². The Labute approximate surface area is 96.8 Å². The highest BCUT2D eigenvalue weighted by atomic mass is 14.9. The molecule has 0 amide bonds. The normalized spacial score (nSPS) is 17.8. The van der Waals surface area contributed by atoms with Gasteiger partial charge in [0.25, 0.3) is 0 Å². The molecule has 88 valence electrons. The lowest BCUT2D eigenvalue weighted by Crippen LogP contribution is -2.27. The summed E-state index contributed by atoms with van der Waals surface area (Å²) in [6.45, 7) is 8.76. The molecule has 0 saturated heterocycles. The SMILES string of the molecule is C=C1CC(C(C)=NCCCC)=C(N)C(N)=N1. The van der Waals surface area contributed by atoms with E-state index in [1.807, 2.05) is 6.92 Å². The third kappa shape index (κ3) is 2.95. The van der Waals surface area contributed by atoms with Crippen LogP contribution in [0.1, 0.15) is 33.1 Å². The van der Waals surface area contributed by atoms with E-state index in [0.717, 1.165) is 36.4 Å². The minimum absolute atomic E-state index is 0.358. The zero-order valence-corrected chi connectivity index (χ0v) is 10.1. The maximum Gasteiger partial charge on any atom is 0.147 e. The molecular weight excluding hydrogens is 200 g/mol. The Morgan fingerprint density at radius 3 is 2.81 bits per heavy atom. The monoisotopic (exact) mass is 220 g/mol. The topological polar surface area (TPSA) is 76.8 Å². The second-order valence-electron chi connectivity index (χ2n) is 3.95. The minimum Gasteiger partial charge on any atom is -0.395 e. The number of amidine groups is 1. The molecule has 0 bridgehead atoms. The molecule has 0 spiro atoms. The van der Waals surface area contributed by atoms with Gasteiger partial charge in [0, 0.05) is 29.9 Å². The van der Waals surface area contributed by atoms with Crippen LogP contribution in [0, 0.1) is 0 Å². The van der Waals surface area contributed by atoms with Gasteiger partial charge in [-0.3, -0.25) is 4.99 Å². The first-order valence-electron chi connectivity index (χ1n) is 5.58. The van der Waals surface area contributed by atoms with E-state index >= 15 is 0 Å². The van der Waals surface area contributed by atoms with Gasteiger partial charge < -0.3 is 11.5 Å². The summed E-state index contributed by atoms with van der Waals surface area (Å²) < 4.78 is 0. The fraction of sp³-hybridized carbons (Fsp3) is 0.500.